The molecule has 0 fully saturated rings. The summed E-state index contributed by atoms with van der Waals surface area (Å²) in [6.45, 7) is 6.16. The van der Waals surface area contributed by atoms with Crippen molar-refractivity contribution in [2.45, 2.75) is 26.7 Å². The highest BCUT2D eigenvalue weighted by Crippen LogP contribution is 2.18. The molecule has 2 rings (SSSR count). The molecule has 0 N–H and O–H groups in total. The molecule has 0 saturated carbocycles. The smallest absolute Gasteiger partial charge is 0.0678 e. The quantitative estimate of drug-likeness (QED) is 0.727. The van der Waals surface area contributed by atoms with Gasteiger partial charge in [-0.3, -0.25) is 0 Å². The fraction of sp³-hybridized carbons (Fsp3) is 0.308. The van der Waals surface area contributed by atoms with Gasteiger partial charge in [-0.25, -0.2) is 4.68 Å². The first-order chi connectivity index (χ1) is 7.61. The molecule has 84 valence electrons. The van der Waals surface area contributed by atoms with Crippen molar-refractivity contribution in [2.75, 3.05) is 0 Å². The van der Waals surface area contributed by atoms with Crippen molar-refractivity contribution in [3.05, 3.63) is 46.8 Å². The molecule has 0 bridgehead atoms. The van der Waals surface area contributed by atoms with Crippen molar-refractivity contribution in [2.24, 2.45) is 0 Å². The second-order valence-electron chi connectivity index (χ2n) is 4.09. The lowest BCUT2D eigenvalue weighted by molar-refractivity contribution is 0.827. The Bertz CT molecular complexity index is 515. The minimum atomic E-state index is 0.554. The minimum Gasteiger partial charge on any atom is -0.238 e. The Morgan fingerprint density at radius 2 is 1.94 bits per heavy atom. The van der Waals surface area contributed by atoms with Crippen LogP contribution in [0.15, 0.2) is 24.3 Å². The Hall–Kier alpha value is -1.28. The van der Waals surface area contributed by atoms with Gasteiger partial charge < -0.3 is 0 Å². The maximum absolute atomic E-state index is 5.81. The Labute approximate surface area is 101 Å². The van der Waals surface area contributed by atoms with Crippen molar-refractivity contribution in [3.8, 4) is 5.69 Å². The second-order valence-corrected chi connectivity index (χ2v) is 4.36. The van der Waals surface area contributed by atoms with Gasteiger partial charge in [-0.05, 0) is 44.0 Å². The van der Waals surface area contributed by atoms with Crippen LogP contribution in [0.3, 0.4) is 0 Å². The van der Waals surface area contributed by atoms with E-state index in [-0.39, 0.29) is 0 Å². The standard InChI is InChI=1S/C13H15ClN2/c1-9-6-12(8-14)4-5-13(9)16-11(3)7-10(2)15-16/h4-7H,8H2,1-3H3. The summed E-state index contributed by atoms with van der Waals surface area (Å²) in [7, 11) is 0. The van der Waals surface area contributed by atoms with Crippen LogP contribution in [0.4, 0.5) is 0 Å². The third kappa shape index (κ3) is 1.98. The third-order valence-electron chi connectivity index (χ3n) is 2.65. The predicted octanol–water partition coefficient (Wildman–Crippen LogP) is 3.54. The van der Waals surface area contributed by atoms with Crippen LogP contribution in [0, 0.1) is 20.8 Å². The summed E-state index contributed by atoms with van der Waals surface area (Å²) in [5, 5.41) is 4.48. The lowest BCUT2D eigenvalue weighted by atomic mass is 10.1. The van der Waals surface area contributed by atoms with Crippen molar-refractivity contribution in [1.29, 1.82) is 0 Å². The van der Waals surface area contributed by atoms with Gasteiger partial charge in [0.1, 0.15) is 0 Å². The second kappa shape index (κ2) is 4.30. The molecule has 1 aromatic heterocycles. The Kier molecular flexibility index (Phi) is 3.01. The number of rotatable bonds is 2. The molecular weight excluding hydrogens is 220 g/mol. The average molecular weight is 235 g/mol. The zero-order valence-corrected chi connectivity index (χ0v) is 10.5. The topological polar surface area (TPSA) is 17.8 Å². The summed E-state index contributed by atoms with van der Waals surface area (Å²) in [5.74, 6) is 0.554. The van der Waals surface area contributed by atoms with Gasteiger partial charge in [0.15, 0.2) is 0 Å². The number of nitrogens with zero attached hydrogens (tertiary/aromatic N) is 2. The van der Waals surface area contributed by atoms with Crippen molar-refractivity contribution >= 4 is 11.6 Å². The van der Waals surface area contributed by atoms with Gasteiger partial charge >= 0.3 is 0 Å². The van der Waals surface area contributed by atoms with Crippen molar-refractivity contribution in [1.82, 2.24) is 9.78 Å². The number of benzene rings is 1. The largest absolute Gasteiger partial charge is 0.238 e. The van der Waals surface area contributed by atoms with E-state index in [4.69, 9.17) is 11.6 Å². The van der Waals surface area contributed by atoms with E-state index in [2.05, 4.69) is 37.1 Å². The summed E-state index contributed by atoms with van der Waals surface area (Å²) >= 11 is 5.81. The summed E-state index contributed by atoms with van der Waals surface area (Å²) < 4.78 is 1.97. The highest BCUT2D eigenvalue weighted by molar-refractivity contribution is 6.17. The lowest BCUT2D eigenvalue weighted by Gasteiger charge is -2.09. The number of halogens is 1. The van der Waals surface area contributed by atoms with E-state index >= 15 is 0 Å². The van der Waals surface area contributed by atoms with E-state index in [0.29, 0.717) is 5.88 Å². The van der Waals surface area contributed by atoms with E-state index < -0.39 is 0 Å². The van der Waals surface area contributed by atoms with Crippen LogP contribution < -0.4 is 0 Å². The van der Waals surface area contributed by atoms with Crippen LogP contribution in [-0.2, 0) is 5.88 Å². The fourth-order valence-corrected chi connectivity index (χ4v) is 2.08. The normalized spacial score (nSPS) is 10.8. The first kappa shape index (κ1) is 11.2. The van der Waals surface area contributed by atoms with Gasteiger partial charge in [-0.1, -0.05) is 12.1 Å². The van der Waals surface area contributed by atoms with E-state index in [0.717, 1.165) is 22.6 Å². The van der Waals surface area contributed by atoms with Crippen LogP contribution in [0.25, 0.3) is 5.69 Å². The first-order valence-electron chi connectivity index (χ1n) is 5.31. The Morgan fingerprint density at radius 3 is 2.44 bits per heavy atom. The number of aryl methyl sites for hydroxylation is 3. The maximum Gasteiger partial charge on any atom is 0.0678 e. The first-order valence-corrected chi connectivity index (χ1v) is 5.84. The SMILES string of the molecule is Cc1cc(C)n(-c2ccc(CCl)cc2C)n1. The molecule has 0 spiro atoms. The van der Waals surface area contributed by atoms with Gasteiger partial charge in [-0.2, -0.15) is 5.10 Å². The van der Waals surface area contributed by atoms with E-state index in [9.17, 15) is 0 Å². The Morgan fingerprint density at radius 1 is 1.19 bits per heavy atom. The molecule has 2 aromatic rings. The van der Waals surface area contributed by atoms with Crippen LogP contribution >= 0.6 is 11.6 Å². The van der Waals surface area contributed by atoms with Gasteiger partial charge in [0, 0.05) is 11.6 Å². The molecular formula is C13H15ClN2. The predicted molar refractivity (Wildman–Crippen MR) is 67.3 cm³/mol. The average Bonchev–Trinajstić information content (AvgIpc) is 2.57. The van der Waals surface area contributed by atoms with Gasteiger partial charge in [0.05, 0.1) is 11.4 Å². The highest BCUT2D eigenvalue weighted by atomic mass is 35.5. The molecule has 0 atom stereocenters. The van der Waals surface area contributed by atoms with Gasteiger partial charge in [0.25, 0.3) is 0 Å². The fourth-order valence-electron chi connectivity index (χ4n) is 1.91. The van der Waals surface area contributed by atoms with Gasteiger partial charge in [-0.15, -0.1) is 11.6 Å². The molecule has 0 aliphatic rings. The molecule has 0 unspecified atom stereocenters. The van der Waals surface area contributed by atoms with E-state index in [1.807, 2.05) is 17.7 Å². The summed E-state index contributed by atoms with van der Waals surface area (Å²) in [6, 6.07) is 8.31. The monoisotopic (exact) mass is 234 g/mol. The van der Waals surface area contributed by atoms with E-state index in [1.54, 1.807) is 0 Å². The Balaban J connectivity index is 2.52. The van der Waals surface area contributed by atoms with Crippen molar-refractivity contribution < 1.29 is 0 Å². The molecule has 1 aromatic carbocycles. The zero-order chi connectivity index (χ0) is 11.7. The number of hydrogen-bond donors (Lipinski definition) is 0. The highest BCUT2D eigenvalue weighted by Gasteiger charge is 2.06. The maximum atomic E-state index is 5.81. The number of aromatic nitrogens is 2. The molecule has 0 aliphatic heterocycles. The molecule has 0 amide bonds. The summed E-state index contributed by atoms with van der Waals surface area (Å²) in [4.78, 5) is 0. The lowest BCUT2D eigenvalue weighted by Crippen LogP contribution is -2.01. The molecule has 2 nitrogen and oxygen atoms in total. The van der Waals surface area contributed by atoms with Gasteiger partial charge in [0.2, 0.25) is 0 Å². The molecule has 3 heteroatoms. The molecule has 1 heterocycles. The molecule has 0 radical (unpaired) electrons. The van der Waals surface area contributed by atoms with Crippen molar-refractivity contribution in [3.63, 3.8) is 0 Å². The van der Waals surface area contributed by atoms with Crippen LogP contribution in [0.2, 0.25) is 0 Å². The molecule has 16 heavy (non-hydrogen) atoms. The van der Waals surface area contributed by atoms with E-state index in [1.165, 1.54) is 5.56 Å². The molecule has 0 aliphatic carbocycles. The molecule has 0 saturated heterocycles. The zero-order valence-electron chi connectivity index (χ0n) is 9.79. The summed E-state index contributed by atoms with van der Waals surface area (Å²) in [5.41, 5.74) is 5.66. The van der Waals surface area contributed by atoms with Crippen LogP contribution in [0.1, 0.15) is 22.5 Å². The van der Waals surface area contributed by atoms with Crippen LogP contribution in [-0.4, -0.2) is 9.78 Å². The van der Waals surface area contributed by atoms with Crippen LogP contribution in [0.5, 0.6) is 0 Å². The third-order valence-corrected chi connectivity index (χ3v) is 2.96. The minimum absolute atomic E-state index is 0.554. The number of hydrogen-bond acceptors (Lipinski definition) is 1. The summed E-state index contributed by atoms with van der Waals surface area (Å²) in [6.07, 6.45) is 0. The number of alkyl halides is 1.